The van der Waals surface area contributed by atoms with Gasteiger partial charge < -0.3 is 10.4 Å². The monoisotopic (exact) mass is 281 g/mol. The second kappa shape index (κ2) is 5.54. The number of aliphatic hydroxyl groups is 1. The third-order valence-electron chi connectivity index (χ3n) is 2.96. The molecular formula is C15H14F3NO. The van der Waals surface area contributed by atoms with Crippen molar-refractivity contribution in [3.05, 3.63) is 58.9 Å². The van der Waals surface area contributed by atoms with Crippen LogP contribution in [0, 0.1) is 24.4 Å². The van der Waals surface area contributed by atoms with Crippen LogP contribution in [0.2, 0.25) is 0 Å². The molecule has 0 fully saturated rings. The summed E-state index contributed by atoms with van der Waals surface area (Å²) in [5, 5.41) is 12.1. The number of halogens is 3. The van der Waals surface area contributed by atoms with E-state index in [1.807, 2.05) is 0 Å². The standard InChI is InChI=1S/C15H14F3NO/c1-8-3-6-13(12(17)7-8)19-15-10(9(2)20)4-5-11(16)14(15)18/h3-7,9,19-20H,1-2H3. The fourth-order valence-electron chi connectivity index (χ4n) is 1.90. The number of benzene rings is 2. The van der Waals surface area contributed by atoms with Crippen molar-refractivity contribution in [1.29, 1.82) is 0 Å². The van der Waals surface area contributed by atoms with Gasteiger partial charge in [-0.2, -0.15) is 0 Å². The van der Waals surface area contributed by atoms with Crippen molar-refractivity contribution < 1.29 is 18.3 Å². The largest absolute Gasteiger partial charge is 0.389 e. The van der Waals surface area contributed by atoms with Crippen LogP contribution in [0.4, 0.5) is 24.5 Å². The Morgan fingerprint density at radius 3 is 2.35 bits per heavy atom. The maximum absolute atomic E-state index is 13.8. The number of hydrogen-bond acceptors (Lipinski definition) is 2. The Kier molecular flexibility index (Phi) is 3.99. The number of rotatable bonds is 3. The van der Waals surface area contributed by atoms with E-state index in [0.29, 0.717) is 5.56 Å². The fourth-order valence-corrected chi connectivity index (χ4v) is 1.90. The first kappa shape index (κ1) is 14.4. The van der Waals surface area contributed by atoms with Gasteiger partial charge in [0.25, 0.3) is 0 Å². The lowest BCUT2D eigenvalue weighted by molar-refractivity contribution is 0.199. The highest BCUT2D eigenvalue weighted by Gasteiger charge is 2.17. The third kappa shape index (κ3) is 2.77. The minimum Gasteiger partial charge on any atom is -0.389 e. The molecule has 2 aromatic carbocycles. The van der Waals surface area contributed by atoms with Gasteiger partial charge in [-0.15, -0.1) is 0 Å². The van der Waals surface area contributed by atoms with Crippen molar-refractivity contribution in [2.24, 2.45) is 0 Å². The van der Waals surface area contributed by atoms with E-state index in [1.54, 1.807) is 13.0 Å². The van der Waals surface area contributed by atoms with Gasteiger partial charge in [0.05, 0.1) is 17.5 Å². The van der Waals surface area contributed by atoms with Gasteiger partial charge in [-0.3, -0.25) is 0 Å². The van der Waals surface area contributed by atoms with E-state index in [9.17, 15) is 18.3 Å². The second-order valence-corrected chi connectivity index (χ2v) is 4.61. The van der Waals surface area contributed by atoms with Gasteiger partial charge in [-0.1, -0.05) is 12.1 Å². The van der Waals surface area contributed by atoms with Gasteiger partial charge >= 0.3 is 0 Å². The third-order valence-corrected chi connectivity index (χ3v) is 2.96. The van der Waals surface area contributed by atoms with Gasteiger partial charge in [0.15, 0.2) is 11.6 Å². The number of hydrogen-bond donors (Lipinski definition) is 2. The van der Waals surface area contributed by atoms with Gasteiger partial charge in [0.2, 0.25) is 0 Å². The maximum atomic E-state index is 13.8. The Labute approximate surface area is 114 Å². The summed E-state index contributed by atoms with van der Waals surface area (Å²) in [5.41, 5.74) is 0.622. The summed E-state index contributed by atoms with van der Waals surface area (Å²) in [4.78, 5) is 0. The van der Waals surface area contributed by atoms with Crippen LogP contribution in [0.25, 0.3) is 0 Å². The molecule has 2 rings (SSSR count). The lowest BCUT2D eigenvalue weighted by Crippen LogP contribution is -2.05. The summed E-state index contributed by atoms with van der Waals surface area (Å²) < 4.78 is 40.9. The highest BCUT2D eigenvalue weighted by molar-refractivity contribution is 5.65. The first-order valence-corrected chi connectivity index (χ1v) is 6.09. The molecule has 2 nitrogen and oxygen atoms in total. The van der Waals surface area contributed by atoms with Gasteiger partial charge in [-0.05, 0) is 37.6 Å². The van der Waals surface area contributed by atoms with Crippen molar-refractivity contribution in [2.75, 3.05) is 5.32 Å². The molecule has 0 spiro atoms. The topological polar surface area (TPSA) is 32.3 Å². The highest BCUT2D eigenvalue weighted by Crippen LogP contribution is 2.31. The molecule has 5 heteroatoms. The summed E-state index contributed by atoms with van der Waals surface area (Å²) in [6.07, 6.45) is -1.01. The molecule has 1 atom stereocenters. The average molecular weight is 281 g/mol. The first-order chi connectivity index (χ1) is 9.40. The fraction of sp³-hybridized carbons (Fsp3) is 0.200. The molecule has 0 saturated carbocycles. The minimum absolute atomic E-state index is 0.0157. The van der Waals surface area contributed by atoms with E-state index < -0.39 is 23.6 Å². The van der Waals surface area contributed by atoms with E-state index >= 15 is 0 Å². The molecule has 0 aliphatic heterocycles. The summed E-state index contributed by atoms with van der Waals surface area (Å²) in [6.45, 7) is 3.14. The van der Waals surface area contributed by atoms with E-state index in [1.165, 1.54) is 25.1 Å². The van der Waals surface area contributed by atoms with Crippen LogP contribution < -0.4 is 5.32 Å². The quantitative estimate of drug-likeness (QED) is 0.883. The van der Waals surface area contributed by atoms with Crippen LogP contribution in [0.1, 0.15) is 24.2 Å². The van der Waals surface area contributed by atoms with Crippen molar-refractivity contribution in [2.45, 2.75) is 20.0 Å². The van der Waals surface area contributed by atoms with Gasteiger partial charge in [-0.25, -0.2) is 13.2 Å². The predicted molar refractivity (Wildman–Crippen MR) is 71.4 cm³/mol. The highest BCUT2D eigenvalue weighted by atomic mass is 19.2. The van der Waals surface area contributed by atoms with Gasteiger partial charge in [0, 0.05) is 5.56 Å². The lowest BCUT2D eigenvalue weighted by Gasteiger charge is -2.16. The molecule has 106 valence electrons. The Hall–Kier alpha value is -2.01. The molecule has 0 radical (unpaired) electrons. The molecule has 2 N–H and O–H groups in total. The molecule has 2 aromatic rings. The SMILES string of the molecule is Cc1ccc(Nc2c(C(C)O)ccc(F)c2F)c(F)c1. The molecular weight excluding hydrogens is 267 g/mol. The van der Waals surface area contributed by atoms with Crippen molar-refractivity contribution in [1.82, 2.24) is 0 Å². The molecule has 20 heavy (non-hydrogen) atoms. The minimum atomic E-state index is -1.15. The van der Waals surface area contributed by atoms with Crippen molar-refractivity contribution in [3.8, 4) is 0 Å². The number of aryl methyl sites for hydroxylation is 1. The van der Waals surface area contributed by atoms with E-state index in [4.69, 9.17) is 0 Å². The molecule has 0 bridgehead atoms. The zero-order valence-corrected chi connectivity index (χ0v) is 11.0. The summed E-state index contributed by atoms with van der Waals surface area (Å²) in [6, 6.07) is 6.54. The summed E-state index contributed by atoms with van der Waals surface area (Å²) in [7, 11) is 0. The first-order valence-electron chi connectivity index (χ1n) is 6.09. The predicted octanol–water partition coefficient (Wildman–Crippen LogP) is 4.21. The average Bonchev–Trinajstić information content (AvgIpc) is 2.37. The molecule has 0 heterocycles. The van der Waals surface area contributed by atoms with E-state index in [0.717, 1.165) is 6.07 Å². The number of aliphatic hydroxyl groups excluding tert-OH is 1. The summed E-state index contributed by atoms with van der Waals surface area (Å²) >= 11 is 0. The zero-order valence-electron chi connectivity index (χ0n) is 11.0. The Balaban J connectivity index is 2.49. The smallest absolute Gasteiger partial charge is 0.182 e. The Morgan fingerprint density at radius 1 is 1.05 bits per heavy atom. The van der Waals surface area contributed by atoms with Crippen LogP contribution in [-0.2, 0) is 0 Å². The second-order valence-electron chi connectivity index (χ2n) is 4.61. The lowest BCUT2D eigenvalue weighted by atomic mass is 10.1. The van der Waals surface area contributed by atoms with Crippen LogP contribution in [0.15, 0.2) is 30.3 Å². The molecule has 0 saturated heterocycles. The zero-order chi connectivity index (χ0) is 14.9. The number of nitrogens with one attached hydrogen (secondary N) is 1. The molecule has 0 aromatic heterocycles. The molecule has 0 aliphatic rings. The Bertz CT molecular complexity index is 641. The maximum Gasteiger partial charge on any atom is 0.182 e. The van der Waals surface area contributed by atoms with Crippen LogP contribution in [0.5, 0.6) is 0 Å². The Morgan fingerprint density at radius 2 is 1.75 bits per heavy atom. The van der Waals surface area contributed by atoms with Crippen LogP contribution in [0.3, 0.4) is 0 Å². The van der Waals surface area contributed by atoms with E-state index in [-0.39, 0.29) is 16.9 Å². The summed E-state index contributed by atoms with van der Waals surface area (Å²) in [5.74, 6) is -2.79. The van der Waals surface area contributed by atoms with Crippen molar-refractivity contribution >= 4 is 11.4 Å². The van der Waals surface area contributed by atoms with Crippen LogP contribution in [-0.4, -0.2) is 5.11 Å². The van der Waals surface area contributed by atoms with E-state index in [2.05, 4.69) is 5.32 Å². The van der Waals surface area contributed by atoms with Crippen molar-refractivity contribution in [3.63, 3.8) is 0 Å². The normalized spacial score (nSPS) is 12.3. The van der Waals surface area contributed by atoms with Crippen LogP contribution >= 0.6 is 0 Å². The van der Waals surface area contributed by atoms with Gasteiger partial charge in [0.1, 0.15) is 5.82 Å². The number of anilines is 2. The molecule has 0 amide bonds. The molecule has 0 aliphatic carbocycles. The molecule has 1 unspecified atom stereocenters.